The largest absolute Gasteiger partial charge is 0.340 e. The maximum atomic E-state index is 13.1. The Morgan fingerprint density at radius 1 is 0.944 bits per heavy atom. The number of hydrogen-bond donors (Lipinski definition) is 0. The number of hydrogen-bond acceptors (Lipinski definition) is 5. The average molecular weight is 479 g/mol. The fourth-order valence-corrected chi connectivity index (χ4v) is 5.42. The third-order valence-corrected chi connectivity index (χ3v) is 7.44. The smallest absolute Gasteiger partial charge is 0.222 e. The molecule has 0 aliphatic carbocycles. The van der Waals surface area contributed by atoms with E-state index < -0.39 is 0 Å². The number of benzene rings is 2. The average Bonchev–Trinajstić information content (AvgIpc) is 3.28. The van der Waals surface area contributed by atoms with Crippen LogP contribution in [0.5, 0.6) is 0 Å². The van der Waals surface area contributed by atoms with E-state index in [1.54, 1.807) is 0 Å². The third-order valence-electron chi connectivity index (χ3n) is 7.44. The summed E-state index contributed by atoms with van der Waals surface area (Å²) in [5, 5.41) is 6.97. The van der Waals surface area contributed by atoms with Gasteiger partial charge in [0.1, 0.15) is 0 Å². The maximum absolute atomic E-state index is 13.1. The van der Waals surface area contributed by atoms with Crippen LogP contribution >= 0.6 is 0 Å². The molecule has 1 aliphatic heterocycles. The molecule has 1 saturated heterocycles. The number of aromatic nitrogens is 4. The van der Waals surface area contributed by atoms with Crippen LogP contribution in [0.3, 0.4) is 0 Å². The SMILES string of the molecule is Cc1nc2c3ccccc3nn2c(C)c1CCC(=O)N1CCN(Cc2cccc3cccnc23)CC1. The second kappa shape index (κ2) is 9.32. The Kier molecular flexibility index (Phi) is 5.85. The Morgan fingerprint density at radius 2 is 1.75 bits per heavy atom. The third kappa shape index (κ3) is 4.09. The van der Waals surface area contributed by atoms with Crippen LogP contribution in [0.4, 0.5) is 0 Å². The van der Waals surface area contributed by atoms with Crippen LogP contribution in [0, 0.1) is 13.8 Å². The summed E-state index contributed by atoms with van der Waals surface area (Å²) >= 11 is 0. The molecule has 0 bridgehead atoms. The normalized spacial score (nSPS) is 14.8. The van der Waals surface area contributed by atoms with Crippen molar-refractivity contribution in [2.75, 3.05) is 26.2 Å². The second-order valence-corrected chi connectivity index (χ2v) is 9.66. The van der Waals surface area contributed by atoms with Gasteiger partial charge in [0, 0.05) is 67.5 Å². The molecule has 1 amide bonds. The van der Waals surface area contributed by atoms with Crippen LogP contribution in [-0.4, -0.2) is 61.5 Å². The van der Waals surface area contributed by atoms with Gasteiger partial charge in [0.25, 0.3) is 0 Å². The van der Waals surface area contributed by atoms with E-state index in [-0.39, 0.29) is 5.91 Å². The lowest BCUT2D eigenvalue weighted by atomic mass is 10.1. The molecule has 0 spiro atoms. The van der Waals surface area contributed by atoms with Crippen LogP contribution in [0.2, 0.25) is 0 Å². The van der Waals surface area contributed by atoms with Gasteiger partial charge in [-0.25, -0.2) is 9.50 Å². The highest BCUT2D eigenvalue weighted by atomic mass is 16.2. The summed E-state index contributed by atoms with van der Waals surface area (Å²) in [6, 6.07) is 18.5. The standard InChI is InChI=1S/C29H30N6O/c1-20-24(21(2)35-29(31-20)25-10-3-4-11-26(25)32-35)12-13-27(36)34-17-15-33(16-18-34)19-23-8-5-7-22-9-6-14-30-28(22)23/h3-11,14H,12-13,15-19H2,1-2H3. The molecule has 0 radical (unpaired) electrons. The lowest BCUT2D eigenvalue weighted by Gasteiger charge is -2.35. The monoisotopic (exact) mass is 478 g/mol. The van der Waals surface area contributed by atoms with Crippen LogP contribution < -0.4 is 0 Å². The van der Waals surface area contributed by atoms with Crippen LogP contribution in [0.1, 0.15) is 28.9 Å². The molecule has 182 valence electrons. The zero-order valence-corrected chi connectivity index (χ0v) is 20.8. The molecule has 3 aromatic heterocycles. The highest BCUT2D eigenvalue weighted by Gasteiger charge is 2.22. The Bertz CT molecular complexity index is 1580. The number of carbonyl (C=O) groups is 1. The highest BCUT2D eigenvalue weighted by molar-refractivity contribution is 5.92. The molecule has 7 heteroatoms. The minimum absolute atomic E-state index is 0.214. The molecule has 0 unspecified atom stereocenters. The van der Waals surface area contributed by atoms with Gasteiger partial charge in [-0.1, -0.05) is 36.4 Å². The minimum atomic E-state index is 0.214. The number of pyridine rings is 1. The van der Waals surface area contributed by atoms with Crippen molar-refractivity contribution in [1.29, 1.82) is 0 Å². The summed E-state index contributed by atoms with van der Waals surface area (Å²) in [6.45, 7) is 8.25. The second-order valence-electron chi connectivity index (χ2n) is 9.66. The molecule has 7 nitrogen and oxygen atoms in total. The van der Waals surface area contributed by atoms with Gasteiger partial charge < -0.3 is 4.90 Å². The summed E-state index contributed by atoms with van der Waals surface area (Å²) < 4.78 is 1.93. The van der Waals surface area contributed by atoms with Crippen molar-refractivity contribution in [1.82, 2.24) is 29.4 Å². The first kappa shape index (κ1) is 22.6. The van der Waals surface area contributed by atoms with Gasteiger partial charge in [0.05, 0.1) is 11.0 Å². The number of carbonyl (C=O) groups excluding carboxylic acids is 1. The van der Waals surface area contributed by atoms with Crippen molar-refractivity contribution >= 4 is 33.4 Å². The zero-order valence-electron chi connectivity index (χ0n) is 20.8. The first-order valence-electron chi connectivity index (χ1n) is 12.6. The van der Waals surface area contributed by atoms with Crippen molar-refractivity contribution in [3.63, 3.8) is 0 Å². The number of amides is 1. The van der Waals surface area contributed by atoms with Gasteiger partial charge in [-0.2, -0.15) is 5.10 Å². The Balaban J connectivity index is 1.10. The lowest BCUT2D eigenvalue weighted by molar-refractivity contribution is -0.133. The van der Waals surface area contributed by atoms with Crippen LogP contribution in [-0.2, 0) is 17.8 Å². The number of rotatable bonds is 5. The quantitative estimate of drug-likeness (QED) is 0.376. The lowest BCUT2D eigenvalue weighted by Crippen LogP contribution is -2.48. The molecule has 1 fully saturated rings. The van der Waals surface area contributed by atoms with E-state index in [9.17, 15) is 4.79 Å². The van der Waals surface area contributed by atoms with Crippen molar-refractivity contribution in [2.45, 2.75) is 33.2 Å². The topological polar surface area (TPSA) is 66.6 Å². The molecular formula is C29H30N6O. The minimum Gasteiger partial charge on any atom is -0.340 e. The van der Waals surface area contributed by atoms with E-state index in [1.165, 1.54) is 10.9 Å². The molecule has 5 aromatic rings. The molecule has 6 rings (SSSR count). The van der Waals surface area contributed by atoms with E-state index in [4.69, 9.17) is 10.1 Å². The van der Waals surface area contributed by atoms with E-state index in [1.807, 2.05) is 46.8 Å². The first-order chi connectivity index (χ1) is 17.6. The van der Waals surface area contributed by atoms with Gasteiger partial charge in [0.2, 0.25) is 5.91 Å². The van der Waals surface area contributed by atoms with Crippen LogP contribution in [0.25, 0.3) is 27.5 Å². The van der Waals surface area contributed by atoms with Gasteiger partial charge in [-0.05, 0) is 49.6 Å². The molecular weight excluding hydrogens is 448 g/mol. The Morgan fingerprint density at radius 3 is 2.61 bits per heavy atom. The summed E-state index contributed by atoms with van der Waals surface area (Å²) in [5.74, 6) is 0.214. The number of nitrogens with zero attached hydrogens (tertiary/aromatic N) is 6. The summed E-state index contributed by atoms with van der Waals surface area (Å²) in [5.41, 5.74) is 7.30. The molecule has 1 aliphatic rings. The molecule has 0 saturated carbocycles. The maximum Gasteiger partial charge on any atom is 0.222 e. The van der Waals surface area contributed by atoms with E-state index in [0.29, 0.717) is 12.8 Å². The fourth-order valence-electron chi connectivity index (χ4n) is 5.42. The molecule has 2 aromatic carbocycles. The van der Waals surface area contributed by atoms with Crippen molar-refractivity contribution in [2.24, 2.45) is 0 Å². The predicted octanol–water partition coefficient (Wildman–Crippen LogP) is 4.32. The Hall–Kier alpha value is -3.84. The highest BCUT2D eigenvalue weighted by Crippen LogP contribution is 2.23. The number of para-hydroxylation sites is 1. The summed E-state index contributed by atoms with van der Waals surface area (Å²) in [6.07, 6.45) is 3.02. The molecule has 4 heterocycles. The van der Waals surface area contributed by atoms with Crippen molar-refractivity contribution in [3.05, 3.63) is 83.3 Å². The Labute approximate surface area is 210 Å². The molecule has 36 heavy (non-hydrogen) atoms. The van der Waals surface area contributed by atoms with E-state index in [0.717, 1.165) is 71.7 Å². The van der Waals surface area contributed by atoms with E-state index in [2.05, 4.69) is 47.1 Å². The first-order valence-corrected chi connectivity index (χ1v) is 12.6. The summed E-state index contributed by atoms with van der Waals surface area (Å²) in [4.78, 5) is 27.0. The van der Waals surface area contributed by atoms with Gasteiger partial charge in [0.15, 0.2) is 5.65 Å². The van der Waals surface area contributed by atoms with Crippen molar-refractivity contribution < 1.29 is 4.79 Å². The van der Waals surface area contributed by atoms with Gasteiger partial charge >= 0.3 is 0 Å². The molecule has 0 atom stereocenters. The summed E-state index contributed by atoms with van der Waals surface area (Å²) in [7, 11) is 0. The fraction of sp³-hybridized carbons (Fsp3) is 0.310. The van der Waals surface area contributed by atoms with E-state index >= 15 is 0 Å². The predicted molar refractivity (Wildman–Crippen MR) is 142 cm³/mol. The van der Waals surface area contributed by atoms with Gasteiger partial charge in [-0.3, -0.25) is 14.7 Å². The number of fused-ring (bicyclic) bond motifs is 4. The zero-order chi connectivity index (χ0) is 24.6. The number of piperazine rings is 1. The van der Waals surface area contributed by atoms with Crippen LogP contribution in [0.15, 0.2) is 60.8 Å². The van der Waals surface area contributed by atoms with Gasteiger partial charge in [-0.15, -0.1) is 0 Å². The van der Waals surface area contributed by atoms with Crippen molar-refractivity contribution in [3.8, 4) is 0 Å². The molecule has 0 N–H and O–H groups in total. The number of aryl methyl sites for hydroxylation is 2.